The molecule has 0 heterocycles. The third kappa shape index (κ3) is 13.3. The molecule has 0 aliphatic carbocycles. The number of phenols is 1. The van der Waals surface area contributed by atoms with Crippen LogP contribution in [0.25, 0.3) is 0 Å². The lowest BCUT2D eigenvalue weighted by molar-refractivity contribution is -0.142. The van der Waals surface area contributed by atoms with Gasteiger partial charge in [0.25, 0.3) is 0 Å². The van der Waals surface area contributed by atoms with Crippen LogP contribution in [-0.2, 0) is 30.4 Å². The monoisotopic (exact) mass is 569 g/mol. The highest BCUT2D eigenvalue weighted by molar-refractivity contribution is 7.98. The Bertz CT molecular complexity index is 962. The Morgan fingerprint density at radius 2 is 1.44 bits per heavy atom. The number of carbonyl (C=O) groups excluding carboxylic acids is 3. The van der Waals surface area contributed by atoms with E-state index in [1.807, 2.05) is 6.26 Å². The van der Waals surface area contributed by atoms with E-state index in [1.165, 1.54) is 23.9 Å². The third-order valence-corrected chi connectivity index (χ3v) is 6.46. The van der Waals surface area contributed by atoms with Crippen LogP contribution >= 0.6 is 11.8 Å². The zero-order valence-electron chi connectivity index (χ0n) is 21.9. The van der Waals surface area contributed by atoms with E-state index >= 15 is 0 Å². The summed E-state index contributed by atoms with van der Waals surface area (Å²) < 4.78 is 0. The van der Waals surface area contributed by atoms with Crippen LogP contribution in [0, 0.1) is 0 Å². The Morgan fingerprint density at radius 1 is 0.846 bits per heavy atom. The maximum atomic E-state index is 13.3. The molecule has 0 bridgehead atoms. The van der Waals surface area contributed by atoms with Crippen LogP contribution in [0.4, 0.5) is 0 Å². The van der Waals surface area contributed by atoms with Crippen molar-refractivity contribution in [3.05, 3.63) is 29.8 Å². The summed E-state index contributed by atoms with van der Waals surface area (Å²) >= 11 is 1.43. The van der Waals surface area contributed by atoms with Gasteiger partial charge in [-0.3, -0.25) is 19.2 Å². The van der Waals surface area contributed by atoms with Gasteiger partial charge in [0.05, 0.1) is 6.04 Å². The predicted molar refractivity (Wildman–Crippen MR) is 146 cm³/mol. The van der Waals surface area contributed by atoms with Gasteiger partial charge < -0.3 is 42.7 Å². The van der Waals surface area contributed by atoms with Gasteiger partial charge in [0.1, 0.15) is 23.9 Å². The number of hydrogen-bond donors (Lipinski definition) is 8. The number of amides is 3. The van der Waals surface area contributed by atoms with Crippen molar-refractivity contribution in [1.29, 1.82) is 0 Å². The third-order valence-electron chi connectivity index (χ3n) is 5.82. The molecule has 3 amide bonds. The molecule has 10 N–H and O–H groups in total. The molecule has 39 heavy (non-hydrogen) atoms. The summed E-state index contributed by atoms with van der Waals surface area (Å²) in [6, 6.07) is 1.33. The molecule has 0 spiro atoms. The first-order chi connectivity index (χ1) is 18.5. The quantitative estimate of drug-likeness (QED) is 0.0993. The molecule has 1 aromatic rings. The summed E-state index contributed by atoms with van der Waals surface area (Å²) in [5.74, 6) is -3.97. The number of phenolic OH excluding ortho intramolecular Hbond substituents is 1. The molecule has 0 saturated heterocycles. The number of benzene rings is 1. The highest BCUT2D eigenvalue weighted by Crippen LogP contribution is 2.13. The molecule has 1 aromatic carbocycles. The lowest BCUT2D eigenvalue weighted by Crippen LogP contribution is -2.57. The lowest BCUT2D eigenvalue weighted by Gasteiger charge is -2.25. The second kappa shape index (κ2) is 18.0. The van der Waals surface area contributed by atoms with E-state index < -0.39 is 53.8 Å². The number of carboxylic acid groups (broad SMARTS) is 2. The van der Waals surface area contributed by atoms with Gasteiger partial charge in [-0.1, -0.05) is 12.1 Å². The first-order valence-corrected chi connectivity index (χ1v) is 14.0. The number of carbonyl (C=O) groups is 5. The SMILES string of the molecule is CSCCC(NC(=O)C(Cc1ccc(O)cc1)NC(=O)C(N)CCC(=O)O)C(=O)NC(CCCCN)C(=O)O. The topological polar surface area (TPSA) is 234 Å². The fourth-order valence-electron chi connectivity index (χ4n) is 3.57. The van der Waals surface area contributed by atoms with Crippen molar-refractivity contribution in [3.8, 4) is 5.75 Å². The Labute approximate surface area is 231 Å². The zero-order chi connectivity index (χ0) is 29.4. The van der Waals surface area contributed by atoms with E-state index in [0.29, 0.717) is 30.7 Å². The number of thioether (sulfide) groups is 1. The minimum absolute atomic E-state index is 0.00716. The summed E-state index contributed by atoms with van der Waals surface area (Å²) in [6.45, 7) is 0.390. The molecule has 0 radical (unpaired) electrons. The van der Waals surface area contributed by atoms with Crippen molar-refractivity contribution in [2.75, 3.05) is 18.6 Å². The Hall–Kier alpha value is -3.36. The van der Waals surface area contributed by atoms with Crippen molar-refractivity contribution < 1.29 is 39.3 Å². The van der Waals surface area contributed by atoms with Gasteiger partial charge >= 0.3 is 11.9 Å². The summed E-state index contributed by atoms with van der Waals surface area (Å²) in [5.41, 5.74) is 11.9. The molecule has 0 fully saturated rings. The number of aromatic hydroxyl groups is 1. The van der Waals surface area contributed by atoms with Crippen molar-refractivity contribution in [1.82, 2.24) is 16.0 Å². The minimum atomic E-state index is -1.21. The molecule has 0 aliphatic rings. The maximum Gasteiger partial charge on any atom is 0.326 e. The average Bonchev–Trinajstić information content (AvgIpc) is 2.89. The van der Waals surface area contributed by atoms with Crippen LogP contribution < -0.4 is 27.4 Å². The molecule has 0 aliphatic heterocycles. The van der Waals surface area contributed by atoms with Gasteiger partial charge in [-0.25, -0.2) is 4.79 Å². The van der Waals surface area contributed by atoms with E-state index in [2.05, 4.69) is 16.0 Å². The van der Waals surface area contributed by atoms with Crippen LogP contribution in [-0.4, -0.2) is 87.7 Å². The number of carboxylic acids is 2. The van der Waals surface area contributed by atoms with E-state index in [9.17, 15) is 34.2 Å². The molecule has 0 saturated carbocycles. The van der Waals surface area contributed by atoms with Crippen LogP contribution in [0.1, 0.15) is 44.1 Å². The van der Waals surface area contributed by atoms with Crippen molar-refractivity contribution >= 4 is 41.4 Å². The van der Waals surface area contributed by atoms with Crippen molar-refractivity contribution in [2.45, 2.75) is 69.1 Å². The average molecular weight is 570 g/mol. The molecule has 0 aromatic heterocycles. The van der Waals surface area contributed by atoms with E-state index in [1.54, 1.807) is 12.1 Å². The molecule has 13 nitrogen and oxygen atoms in total. The van der Waals surface area contributed by atoms with Gasteiger partial charge in [-0.05, 0) is 68.4 Å². The van der Waals surface area contributed by atoms with Crippen molar-refractivity contribution in [2.24, 2.45) is 11.5 Å². The summed E-state index contributed by atoms with van der Waals surface area (Å²) in [6.07, 6.45) is 2.79. The highest BCUT2D eigenvalue weighted by atomic mass is 32.2. The van der Waals surface area contributed by atoms with Gasteiger partial charge in [0, 0.05) is 12.8 Å². The second-order valence-electron chi connectivity index (χ2n) is 9.00. The lowest BCUT2D eigenvalue weighted by atomic mass is 10.0. The van der Waals surface area contributed by atoms with Gasteiger partial charge in [0.2, 0.25) is 17.7 Å². The molecular weight excluding hydrogens is 530 g/mol. The number of nitrogens with two attached hydrogens (primary N) is 2. The summed E-state index contributed by atoms with van der Waals surface area (Å²) in [5, 5.41) is 35.5. The second-order valence-corrected chi connectivity index (χ2v) is 9.98. The van der Waals surface area contributed by atoms with Crippen LogP contribution in [0.2, 0.25) is 0 Å². The first kappa shape index (κ1) is 33.7. The standard InChI is InChI=1S/C25H39N5O8S/c1-39-13-11-18(23(35)29-19(25(37)38)4-2-3-12-26)28-24(36)20(14-15-5-7-16(31)8-6-15)30-22(34)17(27)9-10-21(32)33/h5-8,17-20,31H,2-4,9-14,26-27H2,1H3,(H,28,36)(H,29,35)(H,30,34)(H,32,33)(H,37,38). The number of hydrogen-bond acceptors (Lipinski definition) is 9. The van der Waals surface area contributed by atoms with Crippen molar-refractivity contribution in [3.63, 3.8) is 0 Å². The highest BCUT2D eigenvalue weighted by Gasteiger charge is 2.30. The first-order valence-electron chi connectivity index (χ1n) is 12.6. The van der Waals surface area contributed by atoms with Gasteiger partial charge in [-0.15, -0.1) is 0 Å². The zero-order valence-corrected chi connectivity index (χ0v) is 22.7. The van der Waals surface area contributed by atoms with E-state index in [-0.39, 0.29) is 37.9 Å². The fraction of sp³-hybridized carbons (Fsp3) is 0.560. The fourth-order valence-corrected chi connectivity index (χ4v) is 4.04. The molecule has 218 valence electrons. The number of nitrogens with one attached hydrogen (secondary N) is 3. The Kier molecular flexibility index (Phi) is 15.6. The Morgan fingerprint density at radius 3 is 2.00 bits per heavy atom. The molecule has 14 heteroatoms. The van der Waals surface area contributed by atoms with E-state index in [0.717, 1.165) is 0 Å². The Balaban J connectivity index is 3.08. The number of aliphatic carboxylic acids is 2. The molecular formula is C25H39N5O8S. The van der Waals surface area contributed by atoms with Gasteiger partial charge in [-0.2, -0.15) is 11.8 Å². The normalized spacial score (nSPS) is 13.9. The maximum absolute atomic E-state index is 13.3. The van der Waals surface area contributed by atoms with Gasteiger partial charge in [0.15, 0.2) is 0 Å². The number of rotatable bonds is 19. The molecule has 4 atom stereocenters. The smallest absolute Gasteiger partial charge is 0.326 e. The van der Waals surface area contributed by atoms with Crippen LogP contribution in [0.3, 0.4) is 0 Å². The van der Waals surface area contributed by atoms with Crippen LogP contribution in [0.5, 0.6) is 5.75 Å². The minimum Gasteiger partial charge on any atom is -0.508 e. The van der Waals surface area contributed by atoms with Crippen LogP contribution in [0.15, 0.2) is 24.3 Å². The largest absolute Gasteiger partial charge is 0.508 e. The predicted octanol–water partition coefficient (Wildman–Crippen LogP) is -0.452. The summed E-state index contributed by atoms with van der Waals surface area (Å²) in [7, 11) is 0. The number of unbranched alkanes of at least 4 members (excludes halogenated alkanes) is 1. The summed E-state index contributed by atoms with van der Waals surface area (Å²) in [4.78, 5) is 61.5. The molecule has 1 rings (SSSR count). The molecule has 4 unspecified atom stereocenters. The van der Waals surface area contributed by atoms with E-state index in [4.69, 9.17) is 16.6 Å².